The summed E-state index contributed by atoms with van der Waals surface area (Å²) in [7, 11) is 0. The maximum atomic E-state index is 3.34. The first kappa shape index (κ1) is 8.05. The molecule has 0 atom stereocenters. The van der Waals surface area contributed by atoms with Crippen LogP contribution >= 0.6 is 23.7 Å². The Morgan fingerprint density at radius 3 is 3.20 bits per heavy atom. The lowest BCUT2D eigenvalue weighted by Crippen LogP contribution is -2.21. The number of nitrogens with one attached hydrogen (secondary N) is 1. The Morgan fingerprint density at radius 2 is 2.40 bits per heavy atom. The van der Waals surface area contributed by atoms with E-state index in [4.69, 9.17) is 0 Å². The van der Waals surface area contributed by atoms with Gasteiger partial charge < -0.3 is 5.32 Å². The molecule has 0 bridgehead atoms. The molecular formula is C7H10ClNS. The molecule has 3 heteroatoms. The van der Waals surface area contributed by atoms with E-state index in [1.165, 1.54) is 11.3 Å². The highest BCUT2D eigenvalue weighted by molar-refractivity contribution is 7.10. The molecule has 1 aliphatic heterocycles. The van der Waals surface area contributed by atoms with Crippen molar-refractivity contribution in [3.05, 3.63) is 21.9 Å². The number of hydrogen-bond acceptors (Lipinski definition) is 2. The molecule has 0 unspecified atom stereocenters. The molecule has 2 rings (SSSR count). The zero-order valence-electron chi connectivity index (χ0n) is 5.59. The first-order valence-electron chi connectivity index (χ1n) is 3.23. The molecular weight excluding hydrogens is 166 g/mol. The van der Waals surface area contributed by atoms with Gasteiger partial charge >= 0.3 is 0 Å². The van der Waals surface area contributed by atoms with E-state index in [1.807, 2.05) is 11.3 Å². The molecule has 2 heterocycles. The molecule has 1 aromatic heterocycles. The molecule has 1 N–H and O–H groups in total. The number of thiophene rings is 1. The number of hydrogen-bond donors (Lipinski definition) is 1. The lowest BCUT2D eigenvalue weighted by Gasteiger charge is -2.10. The minimum absolute atomic E-state index is 0. The summed E-state index contributed by atoms with van der Waals surface area (Å²) in [5.41, 5.74) is 1.55. The van der Waals surface area contributed by atoms with Crippen molar-refractivity contribution >= 4 is 23.7 Å². The molecule has 0 aromatic carbocycles. The molecule has 1 aliphatic rings. The monoisotopic (exact) mass is 175 g/mol. The minimum atomic E-state index is 0. The van der Waals surface area contributed by atoms with Crippen LogP contribution in [0.25, 0.3) is 0 Å². The van der Waals surface area contributed by atoms with E-state index in [2.05, 4.69) is 16.8 Å². The second-order valence-corrected chi connectivity index (χ2v) is 3.30. The largest absolute Gasteiger partial charge is 0.312 e. The molecule has 0 saturated carbocycles. The molecule has 0 fully saturated rings. The molecule has 0 amide bonds. The molecule has 1 nitrogen and oxygen atoms in total. The fourth-order valence-corrected chi connectivity index (χ4v) is 2.07. The van der Waals surface area contributed by atoms with Crippen LogP contribution in [0.3, 0.4) is 0 Å². The van der Waals surface area contributed by atoms with Gasteiger partial charge in [-0.2, -0.15) is 0 Å². The molecule has 0 saturated heterocycles. The third-order valence-corrected chi connectivity index (χ3v) is 2.66. The lowest BCUT2D eigenvalue weighted by atomic mass is 10.1. The molecule has 10 heavy (non-hydrogen) atoms. The minimum Gasteiger partial charge on any atom is -0.312 e. The normalized spacial score (nSPS) is 15.6. The summed E-state index contributed by atoms with van der Waals surface area (Å²) < 4.78 is 0. The van der Waals surface area contributed by atoms with Crippen molar-refractivity contribution < 1.29 is 0 Å². The van der Waals surface area contributed by atoms with Gasteiger partial charge in [0.2, 0.25) is 0 Å². The highest BCUT2D eigenvalue weighted by Crippen LogP contribution is 2.19. The van der Waals surface area contributed by atoms with Gasteiger partial charge in [-0.25, -0.2) is 0 Å². The number of fused-ring (bicyclic) bond motifs is 1. The van der Waals surface area contributed by atoms with E-state index >= 15 is 0 Å². The summed E-state index contributed by atoms with van der Waals surface area (Å²) in [4.78, 5) is 1.53. The summed E-state index contributed by atoms with van der Waals surface area (Å²) in [6.45, 7) is 2.25. The predicted molar refractivity (Wildman–Crippen MR) is 47.0 cm³/mol. The zero-order valence-corrected chi connectivity index (χ0v) is 7.23. The first-order valence-corrected chi connectivity index (χ1v) is 4.11. The van der Waals surface area contributed by atoms with E-state index in [9.17, 15) is 0 Å². The Labute approximate surface area is 70.9 Å². The van der Waals surface area contributed by atoms with Crippen LogP contribution in [0.5, 0.6) is 0 Å². The molecule has 56 valence electrons. The maximum Gasteiger partial charge on any atom is 0.0302 e. The Hall–Kier alpha value is -0.0500. The van der Waals surface area contributed by atoms with Gasteiger partial charge in [0, 0.05) is 11.4 Å². The van der Waals surface area contributed by atoms with Crippen molar-refractivity contribution in [2.45, 2.75) is 13.0 Å². The average molecular weight is 176 g/mol. The Morgan fingerprint density at radius 1 is 1.50 bits per heavy atom. The highest BCUT2D eigenvalue weighted by atomic mass is 35.5. The van der Waals surface area contributed by atoms with E-state index in [0.717, 1.165) is 13.1 Å². The summed E-state index contributed by atoms with van der Waals surface area (Å²) in [5.74, 6) is 0. The first-order chi connectivity index (χ1) is 4.47. The summed E-state index contributed by atoms with van der Waals surface area (Å²) in [6.07, 6.45) is 1.22. The Balaban J connectivity index is 0.000000500. The molecule has 0 radical (unpaired) electrons. The smallest absolute Gasteiger partial charge is 0.0302 e. The lowest BCUT2D eigenvalue weighted by molar-refractivity contribution is 0.654. The van der Waals surface area contributed by atoms with Gasteiger partial charge in [0.25, 0.3) is 0 Å². The van der Waals surface area contributed by atoms with Gasteiger partial charge in [-0.15, -0.1) is 23.7 Å². The average Bonchev–Trinajstić information content (AvgIpc) is 2.33. The van der Waals surface area contributed by atoms with Crippen LogP contribution in [-0.2, 0) is 13.0 Å². The van der Waals surface area contributed by atoms with Gasteiger partial charge in [-0.05, 0) is 30.0 Å². The van der Waals surface area contributed by atoms with Crippen molar-refractivity contribution in [1.82, 2.24) is 5.32 Å². The van der Waals surface area contributed by atoms with Gasteiger partial charge in [0.1, 0.15) is 0 Å². The van der Waals surface area contributed by atoms with E-state index in [0.29, 0.717) is 0 Å². The fourth-order valence-electron chi connectivity index (χ4n) is 1.17. The Bertz CT molecular complexity index is 189. The molecule has 0 spiro atoms. The van der Waals surface area contributed by atoms with Crippen molar-refractivity contribution in [2.75, 3.05) is 6.54 Å². The van der Waals surface area contributed by atoms with Crippen LogP contribution in [0.1, 0.15) is 10.4 Å². The van der Waals surface area contributed by atoms with Crippen molar-refractivity contribution in [2.24, 2.45) is 0 Å². The van der Waals surface area contributed by atoms with Crippen LogP contribution in [0.4, 0.5) is 0 Å². The Kier molecular flexibility index (Phi) is 2.72. The van der Waals surface area contributed by atoms with Crippen LogP contribution in [0.2, 0.25) is 0 Å². The second kappa shape index (κ2) is 3.37. The number of halogens is 1. The quantitative estimate of drug-likeness (QED) is 0.635. The van der Waals surface area contributed by atoms with Crippen LogP contribution in [0.15, 0.2) is 11.4 Å². The summed E-state index contributed by atoms with van der Waals surface area (Å²) >= 11 is 1.86. The van der Waals surface area contributed by atoms with Crippen molar-refractivity contribution in [3.63, 3.8) is 0 Å². The standard InChI is InChI=1S/C7H9NS.ClH/c1-3-8-5-7-6(1)2-4-9-7;/h2,4,8H,1,3,5H2;1H. The fraction of sp³-hybridized carbons (Fsp3) is 0.429. The summed E-state index contributed by atoms with van der Waals surface area (Å²) in [5, 5.41) is 5.52. The predicted octanol–water partition coefficient (Wildman–Crippen LogP) is 1.82. The zero-order chi connectivity index (χ0) is 6.10. The topological polar surface area (TPSA) is 12.0 Å². The van der Waals surface area contributed by atoms with Crippen LogP contribution in [-0.4, -0.2) is 6.54 Å². The number of rotatable bonds is 0. The van der Waals surface area contributed by atoms with Crippen LogP contribution in [0, 0.1) is 0 Å². The summed E-state index contributed by atoms with van der Waals surface area (Å²) in [6, 6.07) is 2.24. The highest BCUT2D eigenvalue weighted by Gasteiger charge is 2.07. The van der Waals surface area contributed by atoms with Crippen molar-refractivity contribution in [1.29, 1.82) is 0 Å². The third kappa shape index (κ3) is 1.34. The molecule has 1 aromatic rings. The van der Waals surface area contributed by atoms with Crippen LogP contribution < -0.4 is 5.32 Å². The van der Waals surface area contributed by atoms with Gasteiger partial charge in [-0.3, -0.25) is 0 Å². The van der Waals surface area contributed by atoms with Gasteiger partial charge in [0.15, 0.2) is 0 Å². The van der Waals surface area contributed by atoms with E-state index < -0.39 is 0 Å². The third-order valence-electron chi connectivity index (χ3n) is 1.69. The van der Waals surface area contributed by atoms with E-state index in [-0.39, 0.29) is 12.4 Å². The maximum absolute atomic E-state index is 3.34. The van der Waals surface area contributed by atoms with Gasteiger partial charge in [-0.1, -0.05) is 0 Å². The van der Waals surface area contributed by atoms with Crippen molar-refractivity contribution in [3.8, 4) is 0 Å². The van der Waals surface area contributed by atoms with Gasteiger partial charge in [0.05, 0.1) is 0 Å². The SMILES string of the molecule is Cl.c1cc2c(s1)CNCC2. The molecule has 0 aliphatic carbocycles. The second-order valence-electron chi connectivity index (χ2n) is 2.30. The van der Waals surface area contributed by atoms with E-state index in [1.54, 1.807) is 5.56 Å².